The van der Waals surface area contributed by atoms with Crippen molar-refractivity contribution in [2.45, 2.75) is 13.8 Å². The Morgan fingerprint density at radius 2 is 0.521 bits per heavy atom. The van der Waals surface area contributed by atoms with Gasteiger partial charge in [0, 0.05) is 49.4 Å². The Morgan fingerprint density at radius 3 is 0.958 bits per heavy atom. The summed E-state index contributed by atoms with van der Waals surface area (Å²) in [5.74, 6) is 0. The highest BCUT2D eigenvalue weighted by Gasteiger charge is 2.19. The maximum Gasteiger partial charge on any atom is 0.0541 e. The monoisotopic (exact) mass is 905 g/mol. The second-order valence-corrected chi connectivity index (χ2v) is 19.1. The quantitative estimate of drug-likeness (QED) is 0.151. The van der Waals surface area contributed by atoms with Gasteiger partial charge in [0.1, 0.15) is 0 Å². The van der Waals surface area contributed by atoms with Crippen molar-refractivity contribution < 1.29 is 0 Å². The lowest BCUT2D eigenvalue weighted by molar-refractivity contribution is 1.17. The molecule has 14 rings (SSSR count). The predicted molar refractivity (Wildman–Crippen MR) is 301 cm³/mol. The van der Waals surface area contributed by atoms with E-state index in [1.165, 1.54) is 121 Å². The fourth-order valence-corrected chi connectivity index (χ4v) is 11.3. The summed E-state index contributed by atoms with van der Waals surface area (Å²) in [5, 5.41) is 7.43. The van der Waals surface area contributed by atoms with Crippen molar-refractivity contribution in [2.75, 3.05) is 0 Å². The Hall–Kier alpha value is -9.18. The minimum Gasteiger partial charge on any atom is -0.309 e. The molecule has 0 saturated carbocycles. The average Bonchev–Trinajstić information content (AvgIpc) is 4.06. The van der Waals surface area contributed by atoms with Crippen LogP contribution in [0.3, 0.4) is 0 Å². The van der Waals surface area contributed by atoms with Gasteiger partial charge in [-0.1, -0.05) is 157 Å². The van der Waals surface area contributed by atoms with Crippen LogP contribution in [0.4, 0.5) is 0 Å². The number of hydrogen-bond acceptors (Lipinski definition) is 0. The second kappa shape index (κ2) is 16.2. The standard InChI is InChI=1S/C68H47N3/c1-44-21-23-46(24-22-44)47-25-27-48(28-26-47)53-37-45(2)38-56(39-53)71-67-35-31-51(49-29-33-65-59(40-49)57-17-9-11-19-63(57)69(65)54-13-5-3-6-14-54)42-61(67)62-43-52(32-36-68(62)71)50-30-34-66-60(41-50)58-18-10-12-20-64(58)70(66)55-15-7-4-8-16-55/h3-43H,1-2H3. The lowest BCUT2D eigenvalue weighted by Gasteiger charge is -2.13. The lowest BCUT2D eigenvalue weighted by Crippen LogP contribution is -1.96. The van der Waals surface area contributed by atoms with Crippen LogP contribution in [0.15, 0.2) is 249 Å². The van der Waals surface area contributed by atoms with Gasteiger partial charge in [-0.2, -0.15) is 0 Å². The molecule has 11 aromatic carbocycles. The van der Waals surface area contributed by atoms with E-state index in [0.717, 1.165) is 17.1 Å². The maximum absolute atomic E-state index is 2.47. The van der Waals surface area contributed by atoms with Crippen molar-refractivity contribution in [3.63, 3.8) is 0 Å². The molecule has 0 radical (unpaired) electrons. The first-order valence-corrected chi connectivity index (χ1v) is 24.6. The maximum atomic E-state index is 2.47. The molecule has 0 amide bonds. The zero-order chi connectivity index (χ0) is 47.2. The van der Waals surface area contributed by atoms with Crippen LogP contribution in [0, 0.1) is 13.8 Å². The topological polar surface area (TPSA) is 14.8 Å². The number of benzene rings is 11. The Labute approximate surface area is 412 Å². The van der Waals surface area contributed by atoms with Crippen LogP contribution in [0.5, 0.6) is 0 Å². The normalized spacial score (nSPS) is 11.8. The number of fused-ring (bicyclic) bond motifs is 9. The molecule has 0 aliphatic rings. The fourth-order valence-electron chi connectivity index (χ4n) is 11.3. The number of aromatic nitrogens is 3. The van der Waals surface area contributed by atoms with E-state index in [4.69, 9.17) is 0 Å². The molecule has 3 heteroatoms. The Kier molecular flexibility index (Phi) is 9.33. The van der Waals surface area contributed by atoms with Gasteiger partial charge in [0.05, 0.1) is 33.1 Å². The second-order valence-electron chi connectivity index (χ2n) is 19.1. The molecule has 0 saturated heterocycles. The van der Waals surface area contributed by atoms with Gasteiger partial charge in [0.2, 0.25) is 0 Å². The van der Waals surface area contributed by atoms with Gasteiger partial charge in [0.15, 0.2) is 0 Å². The number of nitrogens with zero attached hydrogens (tertiary/aromatic N) is 3. The summed E-state index contributed by atoms with van der Waals surface area (Å²) in [7, 11) is 0. The minimum atomic E-state index is 1.15. The molecular formula is C68H47N3. The van der Waals surface area contributed by atoms with Gasteiger partial charge in [-0.3, -0.25) is 0 Å². The van der Waals surface area contributed by atoms with Gasteiger partial charge in [-0.05, 0) is 161 Å². The number of rotatable bonds is 7. The van der Waals surface area contributed by atoms with Gasteiger partial charge < -0.3 is 13.7 Å². The smallest absolute Gasteiger partial charge is 0.0541 e. The van der Waals surface area contributed by atoms with E-state index in [1.54, 1.807) is 0 Å². The van der Waals surface area contributed by atoms with Crippen molar-refractivity contribution in [3.05, 3.63) is 260 Å². The van der Waals surface area contributed by atoms with Crippen molar-refractivity contribution in [2.24, 2.45) is 0 Å². The van der Waals surface area contributed by atoms with Crippen molar-refractivity contribution >= 4 is 65.4 Å². The highest BCUT2D eigenvalue weighted by Crippen LogP contribution is 2.42. The molecule has 334 valence electrons. The van der Waals surface area contributed by atoms with E-state index < -0.39 is 0 Å². The minimum absolute atomic E-state index is 1.15. The first-order chi connectivity index (χ1) is 35.0. The van der Waals surface area contributed by atoms with Crippen LogP contribution < -0.4 is 0 Å². The molecule has 14 aromatic rings. The van der Waals surface area contributed by atoms with Crippen LogP contribution in [0.1, 0.15) is 11.1 Å². The number of aryl methyl sites for hydroxylation is 2. The molecule has 0 bridgehead atoms. The summed E-state index contributed by atoms with van der Waals surface area (Å²) in [6.45, 7) is 4.35. The zero-order valence-corrected chi connectivity index (χ0v) is 39.5. The third kappa shape index (κ3) is 6.73. The molecule has 0 aliphatic carbocycles. The Balaban J connectivity index is 0.949. The van der Waals surface area contributed by atoms with Crippen molar-refractivity contribution in [1.29, 1.82) is 0 Å². The number of para-hydroxylation sites is 4. The first kappa shape index (κ1) is 40.8. The molecular weight excluding hydrogens is 859 g/mol. The largest absolute Gasteiger partial charge is 0.309 e. The summed E-state index contributed by atoms with van der Waals surface area (Å²) in [5.41, 5.74) is 22.7. The van der Waals surface area contributed by atoms with Gasteiger partial charge in [-0.15, -0.1) is 0 Å². The molecule has 0 N–H and O–H groups in total. The molecule has 0 unspecified atom stereocenters. The molecule has 71 heavy (non-hydrogen) atoms. The predicted octanol–water partition coefficient (Wildman–Crippen LogP) is 18.3. The van der Waals surface area contributed by atoms with E-state index in [-0.39, 0.29) is 0 Å². The lowest BCUT2D eigenvalue weighted by atomic mass is 9.98. The van der Waals surface area contributed by atoms with Crippen LogP contribution in [0.2, 0.25) is 0 Å². The van der Waals surface area contributed by atoms with Crippen LogP contribution in [-0.4, -0.2) is 13.7 Å². The third-order valence-electron chi connectivity index (χ3n) is 14.7. The summed E-state index contributed by atoms with van der Waals surface area (Å²) >= 11 is 0. The molecule has 0 fully saturated rings. The third-order valence-corrected chi connectivity index (χ3v) is 14.7. The van der Waals surface area contributed by atoms with Crippen LogP contribution in [-0.2, 0) is 0 Å². The summed E-state index contributed by atoms with van der Waals surface area (Å²) in [6, 6.07) is 91.9. The highest BCUT2D eigenvalue weighted by molar-refractivity contribution is 6.14. The molecule has 0 spiro atoms. The van der Waals surface area contributed by atoms with E-state index >= 15 is 0 Å². The molecule has 3 nitrogen and oxygen atoms in total. The van der Waals surface area contributed by atoms with Gasteiger partial charge in [0.25, 0.3) is 0 Å². The summed E-state index contributed by atoms with van der Waals surface area (Å²) in [6.07, 6.45) is 0. The Bertz CT molecular complexity index is 4160. The molecule has 3 heterocycles. The van der Waals surface area contributed by atoms with E-state index in [9.17, 15) is 0 Å². The van der Waals surface area contributed by atoms with E-state index in [1.807, 2.05) is 0 Å². The molecule has 3 aromatic heterocycles. The van der Waals surface area contributed by atoms with Crippen molar-refractivity contribution in [3.8, 4) is 61.6 Å². The molecule has 0 aliphatic heterocycles. The number of hydrogen-bond donors (Lipinski definition) is 0. The van der Waals surface area contributed by atoms with E-state index in [0.29, 0.717) is 0 Å². The summed E-state index contributed by atoms with van der Waals surface area (Å²) < 4.78 is 7.25. The zero-order valence-electron chi connectivity index (χ0n) is 39.5. The first-order valence-electron chi connectivity index (χ1n) is 24.6. The molecule has 0 atom stereocenters. The van der Waals surface area contributed by atoms with Crippen molar-refractivity contribution in [1.82, 2.24) is 13.7 Å². The van der Waals surface area contributed by atoms with Gasteiger partial charge in [-0.25, -0.2) is 0 Å². The average molecular weight is 906 g/mol. The Morgan fingerprint density at radius 1 is 0.197 bits per heavy atom. The summed E-state index contributed by atoms with van der Waals surface area (Å²) in [4.78, 5) is 0. The highest BCUT2D eigenvalue weighted by atomic mass is 15.0. The van der Waals surface area contributed by atoms with Gasteiger partial charge >= 0.3 is 0 Å². The fraction of sp³-hybridized carbons (Fsp3) is 0.0294. The van der Waals surface area contributed by atoms with Crippen LogP contribution >= 0.6 is 0 Å². The van der Waals surface area contributed by atoms with E-state index in [2.05, 4.69) is 276 Å². The SMILES string of the molecule is Cc1ccc(-c2ccc(-c3cc(C)cc(-n4c5ccc(-c6ccc7c(c6)c6ccccc6n7-c6ccccc6)cc5c5cc(-c6ccc7c(c6)c6ccccc6n7-c6ccccc6)ccc54)c3)cc2)cc1. The van der Waals surface area contributed by atoms with Crippen LogP contribution in [0.25, 0.3) is 127 Å².